The van der Waals surface area contributed by atoms with E-state index < -0.39 is 48.8 Å². The minimum atomic E-state index is -4.42. The molecule has 0 radical (unpaired) electrons. The molecular formula is C29H36F5N7O2. The van der Waals surface area contributed by atoms with Crippen molar-refractivity contribution >= 4 is 17.5 Å². The molecule has 43 heavy (non-hydrogen) atoms. The van der Waals surface area contributed by atoms with Crippen molar-refractivity contribution in [3.8, 4) is 0 Å². The third-order valence-electron chi connectivity index (χ3n) is 8.18. The summed E-state index contributed by atoms with van der Waals surface area (Å²) >= 11 is 0. The Hall–Kier alpha value is -3.58. The molecule has 2 aliphatic rings. The summed E-state index contributed by atoms with van der Waals surface area (Å²) in [6, 6.07) is 2.14. The SMILES string of the molecule is Cc1cc(C(=O)N[C@H](c2cn3ncc([C@H](NC(=O)CCC(F)(F)F)C4CC4)cc3n2)C2CCC(F)(F)CC2)n(C(C)C)n1. The fourth-order valence-electron chi connectivity index (χ4n) is 5.76. The van der Waals surface area contributed by atoms with E-state index in [1.54, 1.807) is 36.1 Å². The third-order valence-corrected chi connectivity index (χ3v) is 8.18. The number of alkyl halides is 5. The van der Waals surface area contributed by atoms with Gasteiger partial charge in [-0.2, -0.15) is 23.4 Å². The van der Waals surface area contributed by atoms with E-state index in [-0.39, 0.29) is 43.6 Å². The van der Waals surface area contributed by atoms with Crippen molar-refractivity contribution < 1.29 is 31.5 Å². The molecule has 2 aliphatic carbocycles. The van der Waals surface area contributed by atoms with Crippen molar-refractivity contribution in [3.63, 3.8) is 0 Å². The molecule has 0 aliphatic heterocycles. The van der Waals surface area contributed by atoms with Crippen LogP contribution in [0.2, 0.25) is 0 Å². The molecule has 0 aromatic carbocycles. The van der Waals surface area contributed by atoms with Gasteiger partial charge in [-0.05, 0) is 76.0 Å². The van der Waals surface area contributed by atoms with E-state index in [9.17, 15) is 31.5 Å². The highest BCUT2D eigenvalue weighted by atomic mass is 19.4. The van der Waals surface area contributed by atoms with Crippen LogP contribution >= 0.6 is 0 Å². The van der Waals surface area contributed by atoms with E-state index in [0.717, 1.165) is 12.8 Å². The summed E-state index contributed by atoms with van der Waals surface area (Å²) in [5.41, 5.74) is 2.51. The fourth-order valence-corrected chi connectivity index (χ4v) is 5.76. The van der Waals surface area contributed by atoms with Gasteiger partial charge in [0.05, 0.1) is 42.3 Å². The van der Waals surface area contributed by atoms with E-state index in [2.05, 4.69) is 20.8 Å². The standard InChI is InChI=1S/C29H36F5N7O2/c1-16(2)41-22(12-17(3)39-41)27(43)38-26(19-6-9-28(30,31)10-7-19)21-15-40-23(36-21)13-20(14-35-40)25(18-4-5-18)37-24(42)8-11-29(32,33)34/h12-16,18-19,25-26H,4-11H2,1-3H3,(H,37,42)(H,38,43)/t25-,26+/m1/s1. The van der Waals surface area contributed by atoms with E-state index in [1.165, 1.54) is 4.52 Å². The highest BCUT2D eigenvalue weighted by Crippen LogP contribution is 2.43. The number of aryl methyl sites for hydroxylation is 1. The molecule has 234 valence electrons. The van der Waals surface area contributed by atoms with Gasteiger partial charge in [0.2, 0.25) is 11.8 Å². The third kappa shape index (κ3) is 7.50. The van der Waals surface area contributed by atoms with Crippen LogP contribution in [0.1, 0.15) is 111 Å². The van der Waals surface area contributed by atoms with Gasteiger partial charge in [-0.25, -0.2) is 18.3 Å². The zero-order valence-electron chi connectivity index (χ0n) is 24.3. The number of carbonyl (C=O) groups is 2. The number of nitrogens with zero attached hydrogens (tertiary/aromatic N) is 5. The fraction of sp³-hybridized carbons (Fsp3) is 0.621. The first-order valence-electron chi connectivity index (χ1n) is 14.7. The number of rotatable bonds is 10. The summed E-state index contributed by atoms with van der Waals surface area (Å²) in [7, 11) is 0. The molecule has 0 saturated heterocycles. The molecule has 0 spiro atoms. The van der Waals surface area contributed by atoms with Crippen LogP contribution in [0.3, 0.4) is 0 Å². The number of carbonyl (C=O) groups excluding carboxylic acids is 2. The Kier molecular flexibility index (Phi) is 8.50. The van der Waals surface area contributed by atoms with Crippen LogP contribution < -0.4 is 10.6 Å². The van der Waals surface area contributed by atoms with Gasteiger partial charge in [0.1, 0.15) is 5.69 Å². The maximum absolute atomic E-state index is 14.1. The summed E-state index contributed by atoms with van der Waals surface area (Å²) in [5, 5.41) is 14.6. The highest BCUT2D eigenvalue weighted by molar-refractivity contribution is 5.93. The second-order valence-electron chi connectivity index (χ2n) is 12.1. The molecule has 2 N–H and O–H groups in total. The van der Waals surface area contributed by atoms with Crippen molar-refractivity contribution in [2.45, 2.75) is 102 Å². The monoisotopic (exact) mass is 609 g/mol. The lowest BCUT2D eigenvalue weighted by Crippen LogP contribution is -2.38. The van der Waals surface area contributed by atoms with Crippen molar-refractivity contribution in [3.05, 3.63) is 47.2 Å². The Labute approximate surface area is 245 Å². The molecule has 3 heterocycles. The Morgan fingerprint density at radius 3 is 2.35 bits per heavy atom. The molecule has 2 fully saturated rings. The lowest BCUT2D eigenvalue weighted by Gasteiger charge is -2.33. The quantitative estimate of drug-likeness (QED) is 0.274. The first-order chi connectivity index (χ1) is 20.2. The predicted molar refractivity (Wildman–Crippen MR) is 146 cm³/mol. The van der Waals surface area contributed by atoms with Gasteiger partial charge in [0, 0.05) is 25.3 Å². The molecule has 9 nitrogen and oxygen atoms in total. The Morgan fingerprint density at radius 2 is 1.72 bits per heavy atom. The zero-order valence-corrected chi connectivity index (χ0v) is 24.3. The van der Waals surface area contributed by atoms with Gasteiger partial charge in [0.25, 0.3) is 5.91 Å². The van der Waals surface area contributed by atoms with Crippen molar-refractivity contribution in [1.29, 1.82) is 0 Å². The van der Waals surface area contributed by atoms with Gasteiger partial charge in [-0.1, -0.05) is 0 Å². The van der Waals surface area contributed by atoms with Gasteiger partial charge in [-0.15, -0.1) is 0 Å². The molecule has 3 aromatic heterocycles. The largest absolute Gasteiger partial charge is 0.389 e. The maximum Gasteiger partial charge on any atom is 0.389 e. The van der Waals surface area contributed by atoms with Crippen molar-refractivity contribution in [2.75, 3.05) is 0 Å². The molecule has 5 rings (SSSR count). The van der Waals surface area contributed by atoms with Gasteiger partial charge in [0.15, 0.2) is 5.65 Å². The number of fused-ring (bicyclic) bond motifs is 1. The van der Waals surface area contributed by atoms with Crippen molar-refractivity contribution in [1.82, 2.24) is 35.0 Å². The molecule has 2 atom stereocenters. The van der Waals surface area contributed by atoms with Crippen LogP contribution in [-0.4, -0.2) is 48.3 Å². The summed E-state index contributed by atoms with van der Waals surface area (Å²) in [6.07, 6.45) is -1.64. The van der Waals surface area contributed by atoms with Crippen LogP contribution in [-0.2, 0) is 4.79 Å². The normalized spacial score (nSPS) is 19.0. The molecule has 14 heteroatoms. The Morgan fingerprint density at radius 1 is 1.05 bits per heavy atom. The van der Waals surface area contributed by atoms with Crippen LogP contribution in [0, 0.1) is 18.8 Å². The lowest BCUT2D eigenvalue weighted by atomic mass is 9.81. The summed E-state index contributed by atoms with van der Waals surface area (Å²) in [6.45, 7) is 5.60. The van der Waals surface area contributed by atoms with Crippen LogP contribution in [0.4, 0.5) is 22.0 Å². The van der Waals surface area contributed by atoms with Crippen LogP contribution in [0.25, 0.3) is 5.65 Å². The van der Waals surface area contributed by atoms with Gasteiger partial charge in [-0.3, -0.25) is 14.3 Å². The van der Waals surface area contributed by atoms with Crippen LogP contribution in [0.15, 0.2) is 24.5 Å². The molecular weight excluding hydrogens is 573 g/mol. The Bertz CT molecular complexity index is 1470. The summed E-state index contributed by atoms with van der Waals surface area (Å²) in [4.78, 5) is 30.6. The highest BCUT2D eigenvalue weighted by Gasteiger charge is 2.40. The zero-order chi connectivity index (χ0) is 31.1. The second kappa shape index (κ2) is 11.8. The number of hydrogen-bond donors (Lipinski definition) is 2. The summed E-state index contributed by atoms with van der Waals surface area (Å²) < 4.78 is 69.1. The van der Waals surface area contributed by atoms with Gasteiger partial charge >= 0.3 is 6.18 Å². The van der Waals surface area contributed by atoms with E-state index in [1.807, 2.05) is 13.8 Å². The second-order valence-corrected chi connectivity index (χ2v) is 12.1. The smallest absolute Gasteiger partial charge is 0.349 e. The minimum Gasteiger partial charge on any atom is -0.349 e. The first-order valence-corrected chi connectivity index (χ1v) is 14.7. The topological polar surface area (TPSA) is 106 Å². The maximum atomic E-state index is 14.1. The van der Waals surface area contributed by atoms with Gasteiger partial charge < -0.3 is 10.6 Å². The van der Waals surface area contributed by atoms with E-state index in [4.69, 9.17) is 4.98 Å². The minimum absolute atomic E-state index is 0.0764. The number of aromatic nitrogens is 5. The lowest BCUT2D eigenvalue weighted by molar-refractivity contribution is -0.144. The molecule has 2 saturated carbocycles. The summed E-state index contributed by atoms with van der Waals surface area (Å²) in [5.74, 6) is -4.05. The van der Waals surface area contributed by atoms with Crippen molar-refractivity contribution in [2.24, 2.45) is 11.8 Å². The first kappa shape index (κ1) is 30.9. The average Bonchev–Trinajstić information content (AvgIpc) is 3.55. The number of hydrogen-bond acceptors (Lipinski definition) is 5. The predicted octanol–water partition coefficient (Wildman–Crippen LogP) is 6.02. The number of halogens is 5. The molecule has 2 amide bonds. The van der Waals surface area contributed by atoms with Crippen LogP contribution in [0.5, 0.6) is 0 Å². The molecule has 0 bridgehead atoms. The van der Waals surface area contributed by atoms with E-state index >= 15 is 0 Å². The Balaban J connectivity index is 1.41. The van der Waals surface area contributed by atoms with E-state index in [0.29, 0.717) is 28.3 Å². The number of nitrogens with one attached hydrogen (secondary N) is 2. The number of imidazole rings is 1. The molecule has 3 aromatic rings. The molecule has 0 unspecified atom stereocenters. The average molecular weight is 610 g/mol. The number of amides is 2.